The van der Waals surface area contributed by atoms with Gasteiger partial charge in [-0.1, -0.05) is 25.3 Å². The van der Waals surface area contributed by atoms with Crippen molar-refractivity contribution >= 4 is 17.2 Å². The molecule has 1 aliphatic carbocycles. The molecule has 2 aliphatic rings. The Morgan fingerprint density at radius 3 is 2.82 bits per heavy atom. The quantitative estimate of drug-likeness (QED) is 0.874. The van der Waals surface area contributed by atoms with Crippen LogP contribution < -0.4 is 5.32 Å². The summed E-state index contributed by atoms with van der Waals surface area (Å²) in [5, 5.41) is 5.43. The highest BCUT2D eigenvalue weighted by atomic mass is 32.1. The van der Waals surface area contributed by atoms with E-state index in [4.69, 9.17) is 0 Å². The van der Waals surface area contributed by atoms with Crippen LogP contribution in [0.15, 0.2) is 17.5 Å². The van der Waals surface area contributed by atoms with Crippen LogP contribution in [0.2, 0.25) is 0 Å². The van der Waals surface area contributed by atoms with Gasteiger partial charge in [-0.25, -0.2) is 0 Å². The lowest BCUT2D eigenvalue weighted by Crippen LogP contribution is -2.40. The minimum Gasteiger partial charge on any atom is -0.318 e. The summed E-state index contributed by atoms with van der Waals surface area (Å²) in [5.41, 5.74) is 0. The Balaban J connectivity index is 1.81. The molecule has 0 bridgehead atoms. The van der Waals surface area contributed by atoms with Crippen LogP contribution in [0, 0.1) is 0 Å². The summed E-state index contributed by atoms with van der Waals surface area (Å²) < 4.78 is 0. The number of carbonyl (C=O) groups is 1. The molecule has 2 fully saturated rings. The molecule has 4 heteroatoms. The van der Waals surface area contributed by atoms with E-state index in [1.54, 1.807) is 11.3 Å². The summed E-state index contributed by atoms with van der Waals surface area (Å²) in [6.45, 7) is 0.499. The molecule has 1 unspecified atom stereocenters. The number of hydrogen-bond donors (Lipinski definition) is 1. The molecule has 0 spiro atoms. The molecule has 1 aromatic rings. The number of amides is 1. The summed E-state index contributed by atoms with van der Waals surface area (Å²) in [4.78, 5) is 15.4. The normalized spacial score (nSPS) is 26.7. The molecule has 0 aromatic carbocycles. The van der Waals surface area contributed by atoms with E-state index in [1.807, 2.05) is 0 Å². The van der Waals surface area contributed by atoms with Gasteiger partial charge in [-0.2, -0.15) is 0 Å². The van der Waals surface area contributed by atoms with E-state index < -0.39 is 0 Å². The molecule has 17 heavy (non-hydrogen) atoms. The van der Waals surface area contributed by atoms with E-state index in [2.05, 4.69) is 27.7 Å². The third-order valence-electron chi connectivity index (χ3n) is 3.79. The molecule has 1 N–H and O–H groups in total. The number of hydrogen-bond acceptors (Lipinski definition) is 3. The lowest BCUT2D eigenvalue weighted by molar-refractivity contribution is -0.131. The molecule has 3 rings (SSSR count). The van der Waals surface area contributed by atoms with E-state index in [-0.39, 0.29) is 12.1 Å². The number of nitrogens with zero attached hydrogens (tertiary/aromatic N) is 1. The zero-order valence-corrected chi connectivity index (χ0v) is 10.7. The van der Waals surface area contributed by atoms with Crippen molar-refractivity contribution in [1.29, 1.82) is 0 Å². The highest BCUT2D eigenvalue weighted by molar-refractivity contribution is 7.10. The number of thiophene rings is 1. The Morgan fingerprint density at radius 1 is 1.29 bits per heavy atom. The third-order valence-corrected chi connectivity index (χ3v) is 4.72. The Hall–Kier alpha value is -0.870. The van der Waals surface area contributed by atoms with Gasteiger partial charge in [0.15, 0.2) is 0 Å². The molecule has 1 saturated carbocycles. The minimum absolute atomic E-state index is 0.130. The van der Waals surface area contributed by atoms with Crippen LogP contribution in [0.25, 0.3) is 0 Å². The molecule has 0 radical (unpaired) electrons. The van der Waals surface area contributed by atoms with Gasteiger partial charge in [0.2, 0.25) is 5.91 Å². The lowest BCUT2D eigenvalue weighted by Gasteiger charge is -2.34. The van der Waals surface area contributed by atoms with E-state index in [0.29, 0.717) is 12.6 Å². The molecule has 1 amide bonds. The van der Waals surface area contributed by atoms with Crippen LogP contribution in [0.4, 0.5) is 0 Å². The number of rotatable bonds is 2. The van der Waals surface area contributed by atoms with Crippen LogP contribution >= 0.6 is 11.3 Å². The van der Waals surface area contributed by atoms with Crippen molar-refractivity contribution in [3.05, 3.63) is 22.4 Å². The zero-order chi connectivity index (χ0) is 11.7. The van der Waals surface area contributed by atoms with Crippen molar-refractivity contribution in [3.63, 3.8) is 0 Å². The van der Waals surface area contributed by atoms with Crippen molar-refractivity contribution in [2.24, 2.45) is 0 Å². The second-order valence-electron chi connectivity index (χ2n) is 4.89. The maximum absolute atomic E-state index is 12.0. The van der Waals surface area contributed by atoms with Gasteiger partial charge in [0, 0.05) is 10.9 Å². The Kier molecular flexibility index (Phi) is 3.16. The Labute approximate surface area is 106 Å². The molecular formula is C13H18N2OS. The number of nitrogens with one attached hydrogen (secondary N) is 1. The van der Waals surface area contributed by atoms with E-state index in [0.717, 1.165) is 0 Å². The monoisotopic (exact) mass is 250 g/mol. The fourth-order valence-electron chi connectivity index (χ4n) is 2.98. The number of carbonyl (C=O) groups excluding carboxylic acids is 1. The van der Waals surface area contributed by atoms with Gasteiger partial charge in [0.05, 0.1) is 6.54 Å². The fourth-order valence-corrected chi connectivity index (χ4v) is 3.77. The molecule has 1 atom stereocenters. The average molecular weight is 250 g/mol. The second kappa shape index (κ2) is 4.78. The van der Waals surface area contributed by atoms with E-state index in [9.17, 15) is 4.79 Å². The summed E-state index contributed by atoms with van der Waals surface area (Å²) >= 11 is 1.73. The Bertz CT molecular complexity index is 384. The highest BCUT2D eigenvalue weighted by Crippen LogP contribution is 2.33. The van der Waals surface area contributed by atoms with E-state index >= 15 is 0 Å². The average Bonchev–Trinajstić information content (AvgIpc) is 2.98. The van der Waals surface area contributed by atoms with Gasteiger partial charge in [0.1, 0.15) is 6.17 Å². The van der Waals surface area contributed by atoms with Crippen molar-refractivity contribution in [3.8, 4) is 0 Å². The smallest absolute Gasteiger partial charge is 0.238 e. The van der Waals surface area contributed by atoms with Crippen molar-refractivity contribution in [2.45, 2.75) is 44.3 Å². The molecule has 92 valence electrons. The van der Waals surface area contributed by atoms with Crippen molar-refractivity contribution in [1.82, 2.24) is 10.2 Å². The third kappa shape index (κ3) is 2.11. The summed E-state index contributed by atoms with van der Waals surface area (Å²) in [5.74, 6) is 0.273. The lowest BCUT2D eigenvalue weighted by atomic mass is 9.94. The first-order chi connectivity index (χ1) is 8.36. The van der Waals surface area contributed by atoms with Crippen LogP contribution in [0.1, 0.15) is 43.1 Å². The van der Waals surface area contributed by atoms with Gasteiger partial charge >= 0.3 is 0 Å². The molecule has 3 nitrogen and oxygen atoms in total. The largest absolute Gasteiger partial charge is 0.318 e. The van der Waals surface area contributed by atoms with Gasteiger partial charge in [-0.05, 0) is 24.3 Å². The van der Waals surface area contributed by atoms with Gasteiger partial charge in [-0.3, -0.25) is 10.1 Å². The maximum Gasteiger partial charge on any atom is 0.238 e. The molecule has 1 saturated heterocycles. The maximum atomic E-state index is 12.0. The van der Waals surface area contributed by atoms with Gasteiger partial charge < -0.3 is 4.90 Å². The van der Waals surface area contributed by atoms with Crippen LogP contribution in [-0.2, 0) is 4.79 Å². The first kappa shape index (κ1) is 11.2. The van der Waals surface area contributed by atoms with Gasteiger partial charge in [-0.15, -0.1) is 11.3 Å². The molecular weight excluding hydrogens is 232 g/mol. The van der Waals surface area contributed by atoms with Crippen molar-refractivity contribution < 1.29 is 4.79 Å². The second-order valence-corrected chi connectivity index (χ2v) is 5.87. The highest BCUT2D eigenvalue weighted by Gasteiger charge is 2.37. The van der Waals surface area contributed by atoms with Crippen LogP contribution in [-0.4, -0.2) is 23.4 Å². The van der Waals surface area contributed by atoms with Crippen LogP contribution in [0.3, 0.4) is 0 Å². The topological polar surface area (TPSA) is 32.3 Å². The van der Waals surface area contributed by atoms with Crippen LogP contribution in [0.5, 0.6) is 0 Å². The SMILES string of the molecule is O=C1CNC(c2cccs2)N1C1CCCCC1. The molecule has 1 aromatic heterocycles. The summed E-state index contributed by atoms with van der Waals surface area (Å²) in [7, 11) is 0. The minimum atomic E-state index is 0.130. The molecule has 2 heterocycles. The molecule has 1 aliphatic heterocycles. The van der Waals surface area contributed by atoms with E-state index in [1.165, 1.54) is 37.0 Å². The summed E-state index contributed by atoms with van der Waals surface area (Å²) in [6, 6.07) is 4.64. The zero-order valence-electron chi connectivity index (χ0n) is 9.89. The predicted octanol–water partition coefficient (Wildman–Crippen LogP) is 2.51. The standard InChI is InChI=1S/C13H18N2OS/c16-12-9-14-13(11-7-4-8-17-11)15(12)10-5-2-1-3-6-10/h4,7-8,10,13-14H,1-3,5-6,9H2. The van der Waals surface area contributed by atoms with Crippen molar-refractivity contribution in [2.75, 3.05) is 6.54 Å². The predicted molar refractivity (Wildman–Crippen MR) is 68.8 cm³/mol. The summed E-state index contributed by atoms with van der Waals surface area (Å²) in [6.07, 6.45) is 6.35. The first-order valence-corrected chi connectivity index (χ1v) is 7.32. The first-order valence-electron chi connectivity index (χ1n) is 6.44. The van der Waals surface area contributed by atoms with Gasteiger partial charge in [0.25, 0.3) is 0 Å². The Morgan fingerprint density at radius 2 is 2.12 bits per heavy atom. The fraction of sp³-hybridized carbons (Fsp3) is 0.615.